The number of nitrogens with one attached hydrogen (secondary N) is 1. The summed E-state index contributed by atoms with van der Waals surface area (Å²) in [7, 11) is 0. The summed E-state index contributed by atoms with van der Waals surface area (Å²) in [6.45, 7) is 3.32. The van der Waals surface area contributed by atoms with Crippen molar-refractivity contribution in [2.45, 2.75) is 70.8 Å². The number of carbonyl (C=O) groups is 1. The average Bonchev–Trinajstić information content (AvgIpc) is 2.70. The molecule has 1 N–H and O–H groups in total. The van der Waals surface area contributed by atoms with Crippen LogP contribution in [-0.2, 0) is 4.79 Å². The van der Waals surface area contributed by atoms with Crippen LogP contribution >= 0.6 is 0 Å². The Kier molecular flexibility index (Phi) is 6.66. The van der Waals surface area contributed by atoms with Crippen LogP contribution in [0.25, 0.3) is 0 Å². The van der Waals surface area contributed by atoms with E-state index in [9.17, 15) is 4.79 Å². The highest BCUT2D eigenvalue weighted by atomic mass is 16.1. The normalized spacial score (nSPS) is 20.7. The molecule has 1 unspecified atom stereocenters. The topological polar surface area (TPSA) is 29.1 Å². The maximum Gasteiger partial charge on any atom is 0.134 e. The standard InChI is InChI=1S/C13H25NO/c1-2-3-4-5-6-9-13(15)11-12-8-7-10-14-12/h12,14H,2-11H2,1H3. The van der Waals surface area contributed by atoms with Crippen molar-refractivity contribution in [1.29, 1.82) is 0 Å². The van der Waals surface area contributed by atoms with Crippen molar-refractivity contribution in [1.82, 2.24) is 5.32 Å². The van der Waals surface area contributed by atoms with Crippen LogP contribution < -0.4 is 5.32 Å². The van der Waals surface area contributed by atoms with Crippen molar-refractivity contribution in [3.63, 3.8) is 0 Å². The molecule has 0 radical (unpaired) electrons. The molecule has 2 heteroatoms. The third kappa shape index (κ3) is 5.93. The Labute approximate surface area is 93.8 Å². The van der Waals surface area contributed by atoms with Gasteiger partial charge in [-0.3, -0.25) is 4.79 Å². The van der Waals surface area contributed by atoms with Gasteiger partial charge in [-0.1, -0.05) is 32.6 Å². The molecule has 0 aliphatic carbocycles. The minimum atomic E-state index is 0.464. The SMILES string of the molecule is CCCCCCCC(=O)CC1CCCN1. The quantitative estimate of drug-likeness (QED) is 0.625. The van der Waals surface area contributed by atoms with Crippen LogP contribution in [0.1, 0.15) is 64.7 Å². The molecule has 0 aromatic heterocycles. The van der Waals surface area contributed by atoms with E-state index in [1.807, 2.05) is 0 Å². The van der Waals surface area contributed by atoms with Crippen molar-refractivity contribution in [3.8, 4) is 0 Å². The lowest BCUT2D eigenvalue weighted by Gasteiger charge is -2.08. The second-order valence-corrected chi connectivity index (χ2v) is 4.70. The van der Waals surface area contributed by atoms with Gasteiger partial charge in [0, 0.05) is 18.9 Å². The molecule has 0 amide bonds. The summed E-state index contributed by atoms with van der Waals surface area (Å²) in [4.78, 5) is 11.6. The first kappa shape index (κ1) is 12.7. The fourth-order valence-corrected chi connectivity index (χ4v) is 2.23. The van der Waals surface area contributed by atoms with Gasteiger partial charge >= 0.3 is 0 Å². The van der Waals surface area contributed by atoms with Gasteiger partial charge in [-0.25, -0.2) is 0 Å². The maximum atomic E-state index is 11.6. The Bertz CT molecular complexity index is 173. The first-order chi connectivity index (χ1) is 7.33. The van der Waals surface area contributed by atoms with E-state index >= 15 is 0 Å². The molecule has 1 heterocycles. The molecule has 2 nitrogen and oxygen atoms in total. The molecule has 0 spiro atoms. The molecular formula is C13H25NO. The minimum absolute atomic E-state index is 0.464. The minimum Gasteiger partial charge on any atom is -0.314 e. The molecule has 0 aromatic carbocycles. The molecule has 1 atom stereocenters. The summed E-state index contributed by atoms with van der Waals surface area (Å²) in [6.07, 6.45) is 10.2. The van der Waals surface area contributed by atoms with Gasteiger partial charge in [0.25, 0.3) is 0 Å². The van der Waals surface area contributed by atoms with Gasteiger partial charge in [0.15, 0.2) is 0 Å². The Balaban J connectivity index is 1.93. The molecule has 1 fully saturated rings. The molecule has 0 bridgehead atoms. The summed E-state index contributed by atoms with van der Waals surface area (Å²) in [5, 5.41) is 3.38. The lowest BCUT2D eigenvalue weighted by atomic mass is 10.0. The zero-order chi connectivity index (χ0) is 10.9. The van der Waals surface area contributed by atoms with Gasteiger partial charge in [-0.2, -0.15) is 0 Å². The first-order valence-electron chi connectivity index (χ1n) is 6.58. The fraction of sp³-hybridized carbons (Fsp3) is 0.923. The number of rotatable bonds is 8. The van der Waals surface area contributed by atoms with Gasteiger partial charge in [0.2, 0.25) is 0 Å². The monoisotopic (exact) mass is 211 g/mol. The number of hydrogen-bond donors (Lipinski definition) is 1. The molecule has 0 saturated carbocycles. The largest absolute Gasteiger partial charge is 0.314 e. The van der Waals surface area contributed by atoms with Gasteiger partial charge in [0.1, 0.15) is 5.78 Å². The third-order valence-electron chi connectivity index (χ3n) is 3.20. The molecule has 88 valence electrons. The lowest BCUT2D eigenvalue weighted by Crippen LogP contribution is -2.24. The molecule has 1 rings (SSSR count). The number of carbonyl (C=O) groups excluding carboxylic acids is 1. The zero-order valence-corrected chi connectivity index (χ0v) is 10.1. The number of hydrogen-bond acceptors (Lipinski definition) is 2. The first-order valence-corrected chi connectivity index (χ1v) is 6.58. The van der Waals surface area contributed by atoms with Crippen LogP contribution in [0.3, 0.4) is 0 Å². The lowest BCUT2D eigenvalue weighted by molar-refractivity contribution is -0.119. The van der Waals surface area contributed by atoms with Gasteiger partial charge in [-0.15, -0.1) is 0 Å². The highest BCUT2D eigenvalue weighted by Gasteiger charge is 2.16. The summed E-state index contributed by atoms with van der Waals surface area (Å²) in [6, 6.07) is 0.494. The number of Topliss-reactive ketones (excluding diaryl/α,β-unsaturated/α-hetero) is 1. The van der Waals surface area contributed by atoms with Crippen LogP contribution in [0.15, 0.2) is 0 Å². The summed E-state index contributed by atoms with van der Waals surface area (Å²) >= 11 is 0. The molecule has 1 aliphatic heterocycles. The van der Waals surface area contributed by atoms with Crippen LogP contribution in [-0.4, -0.2) is 18.4 Å². The van der Waals surface area contributed by atoms with E-state index in [-0.39, 0.29) is 0 Å². The smallest absolute Gasteiger partial charge is 0.134 e. The van der Waals surface area contributed by atoms with Crippen LogP contribution in [0.2, 0.25) is 0 Å². The fourth-order valence-electron chi connectivity index (χ4n) is 2.23. The summed E-state index contributed by atoms with van der Waals surface area (Å²) < 4.78 is 0. The molecule has 1 aliphatic rings. The Morgan fingerprint density at radius 3 is 2.73 bits per heavy atom. The second-order valence-electron chi connectivity index (χ2n) is 4.70. The highest BCUT2D eigenvalue weighted by Crippen LogP contribution is 2.12. The predicted octanol–water partition coefficient (Wildman–Crippen LogP) is 3.06. The van der Waals surface area contributed by atoms with Crippen LogP contribution in [0, 0.1) is 0 Å². The van der Waals surface area contributed by atoms with E-state index in [1.54, 1.807) is 0 Å². The van der Waals surface area contributed by atoms with E-state index in [4.69, 9.17) is 0 Å². The van der Waals surface area contributed by atoms with Gasteiger partial charge in [-0.05, 0) is 25.8 Å². The molecule has 0 aromatic rings. The van der Waals surface area contributed by atoms with Crippen LogP contribution in [0.4, 0.5) is 0 Å². The predicted molar refractivity (Wildman–Crippen MR) is 64.0 cm³/mol. The Morgan fingerprint density at radius 2 is 2.07 bits per heavy atom. The molecule has 1 saturated heterocycles. The summed E-state index contributed by atoms with van der Waals surface area (Å²) in [5.41, 5.74) is 0. The van der Waals surface area contributed by atoms with Crippen LogP contribution in [0.5, 0.6) is 0 Å². The van der Waals surface area contributed by atoms with E-state index in [1.165, 1.54) is 38.5 Å². The van der Waals surface area contributed by atoms with Crippen molar-refractivity contribution in [2.75, 3.05) is 6.54 Å². The van der Waals surface area contributed by atoms with Gasteiger partial charge in [0.05, 0.1) is 0 Å². The van der Waals surface area contributed by atoms with Crippen molar-refractivity contribution in [3.05, 3.63) is 0 Å². The van der Waals surface area contributed by atoms with E-state index in [0.29, 0.717) is 11.8 Å². The summed E-state index contributed by atoms with van der Waals surface area (Å²) in [5.74, 6) is 0.464. The van der Waals surface area contributed by atoms with E-state index < -0.39 is 0 Å². The maximum absolute atomic E-state index is 11.6. The zero-order valence-electron chi connectivity index (χ0n) is 10.1. The van der Waals surface area contributed by atoms with E-state index in [2.05, 4.69) is 12.2 Å². The van der Waals surface area contributed by atoms with Crippen molar-refractivity contribution in [2.24, 2.45) is 0 Å². The Morgan fingerprint density at radius 1 is 1.27 bits per heavy atom. The molecular weight excluding hydrogens is 186 g/mol. The van der Waals surface area contributed by atoms with Crippen molar-refractivity contribution < 1.29 is 4.79 Å². The Hall–Kier alpha value is -0.370. The number of ketones is 1. The highest BCUT2D eigenvalue weighted by molar-refractivity contribution is 5.78. The van der Waals surface area contributed by atoms with E-state index in [0.717, 1.165) is 25.8 Å². The third-order valence-corrected chi connectivity index (χ3v) is 3.20. The number of unbranched alkanes of at least 4 members (excludes halogenated alkanes) is 4. The van der Waals surface area contributed by atoms with Gasteiger partial charge < -0.3 is 5.32 Å². The molecule has 15 heavy (non-hydrogen) atoms. The second kappa shape index (κ2) is 7.86. The average molecular weight is 211 g/mol. The van der Waals surface area contributed by atoms with Crippen molar-refractivity contribution >= 4 is 5.78 Å².